The summed E-state index contributed by atoms with van der Waals surface area (Å²) in [5.74, 6) is -1.13. The number of nitrogens with one attached hydrogen (secondary N) is 2. The second kappa shape index (κ2) is 7.85. The van der Waals surface area contributed by atoms with Crippen molar-refractivity contribution in [2.24, 2.45) is 0 Å². The van der Waals surface area contributed by atoms with Gasteiger partial charge in [-0.2, -0.15) is 0 Å². The van der Waals surface area contributed by atoms with Crippen LogP contribution in [0, 0.1) is 0 Å². The molecule has 0 aliphatic carbocycles. The summed E-state index contributed by atoms with van der Waals surface area (Å²) in [5.41, 5.74) is 1.25. The van der Waals surface area contributed by atoms with Crippen LogP contribution in [0.5, 0.6) is 0 Å². The first-order valence-electron chi connectivity index (χ1n) is 6.70. The number of benzene rings is 2. The fourth-order valence-corrected chi connectivity index (χ4v) is 2.37. The van der Waals surface area contributed by atoms with E-state index in [1.54, 1.807) is 49.5 Å². The van der Waals surface area contributed by atoms with Gasteiger partial charge in [0.25, 0.3) is 5.91 Å². The Balaban J connectivity index is 1.98. The molecular weight excluding hydrogens is 339 g/mol. The molecule has 0 heterocycles. The average Bonchev–Trinajstić information content (AvgIpc) is 2.56. The highest BCUT2D eigenvalue weighted by molar-refractivity contribution is 6.39. The lowest BCUT2D eigenvalue weighted by atomic mass is 10.2. The number of halogens is 2. The predicted octanol–water partition coefficient (Wildman–Crippen LogP) is 3.83. The van der Waals surface area contributed by atoms with E-state index in [-0.39, 0.29) is 5.69 Å². The van der Waals surface area contributed by atoms with Crippen LogP contribution in [-0.2, 0) is 9.53 Å². The highest BCUT2D eigenvalue weighted by Crippen LogP contribution is 2.29. The Morgan fingerprint density at radius 1 is 1.04 bits per heavy atom. The Bertz CT molecular complexity index is 715. The number of ether oxygens (including phenoxy) is 1. The Morgan fingerprint density at radius 2 is 1.70 bits per heavy atom. The normalized spacial score (nSPS) is 10.0. The second-order valence-electron chi connectivity index (χ2n) is 4.52. The van der Waals surface area contributed by atoms with Gasteiger partial charge in [0.05, 0.1) is 21.3 Å². The Morgan fingerprint density at radius 3 is 2.35 bits per heavy atom. The summed E-state index contributed by atoms with van der Waals surface area (Å²) in [4.78, 5) is 23.9. The molecule has 0 spiro atoms. The van der Waals surface area contributed by atoms with Crippen LogP contribution in [0.25, 0.3) is 0 Å². The summed E-state index contributed by atoms with van der Waals surface area (Å²) in [6.45, 7) is -0.446. The first kappa shape index (κ1) is 17.1. The van der Waals surface area contributed by atoms with Crippen molar-refractivity contribution in [2.75, 3.05) is 24.3 Å². The van der Waals surface area contributed by atoms with Crippen molar-refractivity contribution in [3.63, 3.8) is 0 Å². The summed E-state index contributed by atoms with van der Waals surface area (Å²) in [6.07, 6.45) is 0. The number of carbonyl (C=O) groups is 2. The van der Waals surface area contributed by atoms with Gasteiger partial charge >= 0.3 is 5.97 Å². The maximum absolute atomic E-state index is 12.0. The molecular formula is C16H14Cl2N2O3. The molecule has 0 saturated heterocycles. The minimum Gasteiger partial charge on any atom is -0.452 e. The van der Waals surface area contributed by atoms with E-state index < -0.39 is 18.5 Å². The fourth-order valence-electron chi connectivity index (χ4n) is 1.88. The van der Waals surface area contributed by atoms with E-state index in [0.717, 1.165) is 0 Å². The maximum atomic E-state index is 12.0. The van der Waals surface area contributed by atoms with Crippen LogP contribution >= 0.6 is 23.2 Å². The minimum atomic E-state index is -0.602. The molecule has 1 amide bonds. The average molecular weight is 353 g/mol. The van der Waals surface area contributed by atoms with E-state index in [9.17, 15) is 9.59 Å². The highest BCUT2D eigenvalue weighted by Gasteiger charge is 2.15. The monoisotopic (exact) mass is 352 g/mol. The first-order chi connectivity index (χ1) is 11.0. The molecule has 23 heavy (non-hydrogen) atoms. The molecule has 2 aromatic carbocycles. The van der Waals surface area contributed by atoms with Gasteiger partial charge in [-0.3, -0.25) is 4.79 Å². The fraction of sp³-hybridized carbons (Fsp3) is 0.125. The van der Waals surface area contributed by atoms with Crippen LogP contribution in [0.15, 0.2) is 42.5 Å². The zero-order valence-corrected chi connectivity index (χ0v) is 13.7. The second-order valence-corrected chi connectivity index (χ2v) is 5.33. The van der Waals surface area contributed by atoms with Gasteiger partial charge in [0, 0.05) is 12.7 Å². The van der Waals surface area contributed by atoms with Gasteiger partial charge in [0.15, 0.2) is 6.61 Å². The number of para-hydroxylation sites is 2. The van der Waals surface area contributed by atoms with Crippen molar-refractivity contribution >= 4 is 46.5 Å². The summed E-state index contributed by atoms with van der Waals surface area (Å²) in [5, 5.41) is 6.01. The molecule has 2 N–H and O–H groups in total. The van der Waals surface area contributed by atoms with Crippen molar-refractivity contribution in [1.29, 1.82) is 0 Å². The van der Waals surface area contributed by atoms with Crippen molar-refractivity contribution < 1.29 is 14.3 Å². The summed E-state index contributed by atoms with van der Waals surface area (Å²) < 4.78 is 5.01. The van der Waals surface area contributed by atoms with Gasteiger partial charge < -0.3 is 15.4 Å². The molecule has 0 aliphatic heterocycles. The van der Waals surface area contributed by atoms with Crippen molar-refractivity contribution in [1.82, 2.24) is 0 Å². The molecule has 120 valence electrons. The number of hydrogen-bond acceptors (Lipinski definition) is 4. The molecule has 0 saturated carbocycles. The Labute approximate surface area is 143 Å². The summed E-state index contributed by atoms with van der Waals surface area (Å²) in [6, 6.07) is 11.7. The topological polar surface area (TPSA) is 67.4 Å². The van der Waals surface area contributed by atoms with Gasteiger partial charge in [0.1, 0.15) is 0 Å². The van der Waals surface area contributed by atoms with Crippen LogP contribution < -0.4 is 10.6 Å². The van der Waals surface area contributed by atoms with Gasteiger partial charge in [-0.15, -0.1) is 0 Å². The van der Waals surface area contributed by atoms with E-state index in [0.29, 0.717) is 21.3 Å². The van der Waals surface area contributed by atoms with Crippen LogP contribution in [0.3, 0.4) is 0 Å². The van der Waals surface area contributed by atoms with E-state index >= 15 is 0 Å². The van der Waals surface area contributed by atoms with Crippen molar-refractivity contribution in [3.05, 3.63) is 58.1 Å². The Hall–Kier alpha value is -2.24. The third-order valence-corrected chi connectivity index (χ3v) is 3.61. The smallest absolute Gasteiger partial charge is 0.340 e. The quantitative estimate of drug-likeness (QED) is 0.802. The lowest BCUT2D eigenvalue weighted by Crippen LogP contribution is -2.21. The number of carbonyl (C=O) groups excluding carboxylic acids is 2. The van der Waals surface area contributed by atoms with Crippen molar-refractivity contribution in [2.45, 2.75) is 0 Å². The molecule has 2 aromatic rings. The summed E-state index contributed by atoms with van der Waals surface area (Å²) >= 11 is 11.9. The maximum Gasteiger partial charge on any atom is 0.340 e. The van der Waals surface area contributed by atoms with E-state index in [4.69, 9.17) is 27.9 Å². The molecule has 0 fully saturated rings. The largest absolute Gasteiger partial charge is 0.452 e. The van der Waals surface area contributed by atoms with E-state index in [2.05, 4.69) is 10.6 Å². The zero-order valence-electron chi connectivity index (χ0n) is 12.2. The minimum absolute atomic E-state index is 0.285. The highest BCUT2D eigenvalue weighted by atomic mass is 35.5. The van der Waals surface area contributed by atoms with Crippen LogP contribution in [-0.4, -0.2) is 25.5 Å². The predicted molar refractivity (Wildman–Crippen MR) is 91.4 cm³/mol. The first-order valence-corrected chi connectivity index (χ1v) is 7.46. The molecule has 2 rings (SSSR count). The number of hydrogen-bond donors (Lipinski definition) is 2. The van der Waals surface area contributed by atoms with Crippen LogP contribution in [0.1, 0.15) is 10.4 Å². The van der Waals surface area contributed by atoms with Crippen molar-refractivity contribution in [3.8, 4) is 0 Å². The molecule has 0 radical (unpaired) electrons. The van der Waals surface area contributed by atoms with Gasteiger partial charge in [-0.25, -0.2) is 4.79 Å². The molecule has 0 aromatic heterocycles. The lowest BCUT2D eigenvalue weighted by molar-refractivity contribution is -0.119. The number of amides is 1. The molecule has 7 heteroatoms. The van der Waals surface area contributed by atoms with Crippen LogP contribution in [0.4, 0.5) is 11.4 Å². The molecule has 0 atom stereocenters. The van der Waals surface area contributed by atoms with E-state index in [1.807, 2.05) is 0 Å². The van der Waals surface area contributed by atoms with E-state index in [1.165, 1.54) is 0 Å². The molecule has 0 bridgehead atoms. The number of rotatable bonds is 5. The summed E-state index contributed by atoms with van der Waals surface area (Å²) in [7, 11) is 1.69. The molecule has 5 nitrogen and oxygen atoms in total. The van der Waals surface area contributed by atoms with Crippen LogP contribution in [0.2, 0.25) is 10.0 Å². The SMILES string of the molecule is CNc1ccccc1C(=O)OCC(=O)Nc1c(Cl)cccc1Cl. The van der Waals surface area contributed by atoms with Gasteiger partial charge in [0.2, 0.25) is 0 Å². The zero-order chi connectivity index (χ0) is 16.8. The van der Waals surface area contributed by atoms with Gasteiger partial charge in [-0.05, 0) is 24.3 Å². The number of esters is 1. The number of anilines is 2. The third-order valence-electron chi connectivity index (χ3n) is 2.98. The lowest BCUT2D eigenvalue weighted by Gasteiger charge is -2.11. The van der Waals surface area contributed by atoms with Gasteiger partial charge in [-0.1, -0.05) is 41.4 Å². The Kier molecular flexibility index (Phi) is 5.84. The third kappa shape index (κ3) is 4.37. The standard InChI is InChI=1S/C16H14Cl2N2O3/c1-19-13-8-3-2-5-10(13)16(22)23-9-14(21)20-15-11(17)6-4-7-12(15)18/h2-8,19H,9H2,1H3,(H,20,21). The molecule has 0 aliphatic rings. The molecule has 0 unspecified atom stereocenters.